The van der Waals surface area contributed by atoms with E-state index in [9.17, 15) is 4.79 Å². The van der Waals surface area contributed by atoms with Crippen molar-refractivity contribution in [2.75, 3.05) is 25.1 Å². The van der Waals surface area contributed by atoms with Crippen LogP contribution >= 0.6 is 0 Å². The second-order valence-electron chi connectivity index (χ2n) is 9.01. The summed E-state index contributed by atoms with van der Waals surface area (Å²) in [7, 11) is 1.52. The number of carbonyl (C=O) groups excluding carboxylic acids is 1. The molecular formula is C24H33N3O3. The van der Waals surface area contributed by atoms with E-state index in [-0.39, 0.29) is 5.88 Å². The summed E-state index contributed by atoms with van der Waals surface area (Å²) in [5.41, 5.74) is 2.01. The van der Waals surface area contributed by atoms with Crippen LogP contribution in [0.4, 0.5) is 5.69 Å². The highest BCUT2D eigenvalue weighted by Crippen LogP contribution is 2.28. The van der Waals surface area contributed by atoms with Gasteiger partial charge in [0.1, 0.15) is 11.2 Å². The molecule has 3 rings (SSSR count). The lowest BCUT2D eigenvalue weighted by molar-refractivity contribution is 0.00657. The number of hydrogen-bond acceptors (Lipinski definition) is 6. The summed E-state index contributed by atoms with van der Waals surface area (Å²) in [4.78, 5) is 21.9. The number of rotatable bonds is 5. The van der Waals surface area contributed by atoms with E-state index in [1.54, 1.807) is 6.20 Å². The number of methoxy groups -OCH3 is 1. The maximum Gasteiger partial charge on any atom is 0.344 e. The molecule has 0 N–H and O–H groups in total. The van der Waals surface area contributed by atoms with Crippen LogP contribution in [-0.4, -0.2) is 53.7 Å². The molecular weight excluding hydrogens is 378 g/mol. The van der Waals surface area contributed by atoms with Gasteiger partial charge in [-0.05, 0) is 46.2 Å². The molecule has 2 atom stereocenters. The summed E-state index contributed by atoms with van der Waals surface area (Å²) >= 11 is 0. The van der Waals surface area contributed by atoms with Gasteiger partial charge in [0.25, 0.3) is 0 Å². The van der Waals surface area contributed by atoms with Gasteiger partial charge in [-0.25, -0.2) is 9.78 Å². The van der Waals surface area contributed by atoms with Crippen molar-refractivity contribution in [2.45, 2.75) is 58.8 Å². The van der Waals surface area contributed by atoms with Gasteiger partial charge in [-0.15, -0.1) is 0 Å². The lowest BCUT2D eigenvalue weighted by Crippen LogP contribution is -2.56. The van der Waals surface area contributed by atoms with Crippen LogP contribution < -0.4 is 9.64 Å². The Hall–Kier alpha value is -2.60. The number of nitrogens with zero attached hydrogens (tertiary/aromatic N) is 3. The van der Waals surface area contributed by atoms with Gasteiger partial charge in [-0.3, -0.25) is 4.90 Å². The van der Waals surface area contributed by atoms with Crippen molar-refractivity contribution in [3.05, 3.63) is 53.7 Å². The Morgan fingerprint density at radius 3 is 2.33 bits per heavy atom. The van der Waals surface area contributed by atoms with Gasteiger partial charge < -0.3 is 14.4 Å². The number of aromatic nitrogens is 1. The first kappa shape index (κ1) is 22.1. The summed E-state index contributed by atoms with van der Waals surface area (Å²) in [5, 5.41) is 0. The minimum atomic E-state index is -0.579. The standard InChI is InChI=1S/C24H33N3O3/c1-17-14-26(15-18(2)27(17)16-19-10-8-7-9-11-19)20-12-21(22(29-6)25-13-20)23(28)30-24(3,4)5/h7-13,17-18H,14-16H2,1-6H3/t17-,18+. The predicted molar refractivity (Wildman–Crippen MR) is 119 cm³/mol. The molecule has 1 aromatic carbocycles. The van der Waals surface area contributed by atoms with Gasteiger partial charge in [-0.2, -0.15) is 0 Å². The molecule has 0 bridgehead atoms. The summed E-state index contributed by atoms with van der Waals surface area (Å²) in [6, 6.07) is 13.1. The fourth-order valence-corrected chi connectivity index (χ4v) is 3.93. The van der Waals surface area contributed by atoms with Gasteiger partial charge in [0, 0.05) is 31.7 Å². The second kappa shape index (κ2) is 9.04. The van der Waals surface area contributed by atoms with Crippen LogP contribution in [0.5, 0.6) is 5.88 Å². The van der Waals surface area contributed by atoms with Crippen molar-refractivity contribution < 1.29 is 14.3 Å². The molecule has 1 aliphatic heterocycles. The van der Waals surface area contributed by atoms with Crippen molar-refractivity contribution in [1.82, 2.24) is 9.88 Å². The van der Waals surface area contributed by atoms with Crippen molar-refractivity contribution in [2.24, 2.45) is 0 Å². The fourth-order valence-electron chi connectivity index (χ4n) is 3.93. The molecule has 0 amide bonds. The Balaban J connectivity index is 1.78. The van der Waals surface area contributed by atoms with Crippen LogP contribution in [0.3, 0.4) is 0 Å². The average molecular weight is 412 g/mol. The number of hydrogen-bond donors (Lipinski definition) is 0. The largest absolute Gasteiger partial charge is 0.480 e. The van der Waals surface area contributed by atoms with Crippen LogP contribution in [0.2, 0.25) is 0 Å². The van der Waals surface area contributed by atoms with Gasteiger partial charge in [0.05, 0.1) is 19.0 Å². The Labute approximate surface area is 179 Å². The van der Waals surface area contributed by atoms with E-state index in [0.29, 0.717) is 17.6 Å². The van der Waals surface area contributed by atoms with E-state index < -0.39 is 11.6 Å². The number of esters is 1. The van der Waals surface area contributed by atoms with Crippen LogP contribution in [0.25, 0.3) is 0 Å². The molecule has 0 spiro atoms. The number of carbonyl (C=O) groups is 1. The number of ether oxygens (including phenoxy) is 2. The number of benzene rings is 1. The maximum atomic E-state index is 12.7. The molecule has 0 radical (unpaired) electrons. The molecule has 30 heavy (non-hydrogen) atoms. The van der Waals surface area contributed by atoms with E-state index in [4.69, 9.17) is 9.47 Å². The van der Waals surface area contributed by atoms with Crippen molar-refractivity contribution in [3.8, 4) is 5.88 Å². The highest BCUT2D eigenvalue weighted by molar-refractivity contribution is 5.93. The Morgan fingerprint density at radius 1 is 1.13 bits per heavy atom. The Morgan fingerprint density at radius 2 is 1.77 bits per heavy atom. The molecule has 1 saturated heterocycles. The smallest absolute Gasteiger partial charge is 0.344 e. The average Bonchev–Trinajstić information content (AvgIpc) is 2.69. The van der Waals surface area contributed by atoms with Gasteiger partial charge in [0.15, 0.2) is 0 Å². The molecule has 0 aliphatic carbocycles. The maximum absolute atomic E-state index is 12.7. The Kier molecular flexibility index (Phi) is 6.66. The number of pyridine rings is 1. The predicted octanol–water partition coefficient (Wildman–Crippen LogP) is 4.14. The molecule has 2 aromatic rings. The quantitative estimate of drug-likeness (QED) is 0.689. The van der Waals surface area contributed by atoms with Crippen molar-refractivity contribution in [1.29, 1.82) is 0 Å². The molecule has 1 aliphatic rings. The minimum absolute atomic E-state index is 0.289. The zero-order valence-electron chi connectivity index (χ0n) is 18.9. The first-order valence-corrected chi connectivity index (χ1v) is 10.5. The summed E-state index contributed by atoms with van der Waals surface area (Å²) in [6.07, 6.45) is 1.78. The lowest BCUT2D eigenvalue weighted by atomic mass is 10.0. The normalized spacial score (nSPS) is 20.1. The third-order valence-electron chi connectivity index (χ3n) is 5.32. The van der Waals surface area contributed by atoms with Gasteiger partial charge >= 0.3 is 5.97 Å². The zero-order chi connectivity index (χ0) is 21.9. The lowest BCUT2D eigenvalue weighted by Gasteiger charge is -2.45. The Bertz CT molecular complexity index is 852. The van der Waals surface area contributed by atoms with E-state index in [1.165, 1.54) is 12.7 Å². The molecule has 6 heteroatoms. The SMILES string of the molecule is COc1ncc(N2C[C@@H](C)N(Cc3ccccc3)[C@@H](C)C2)cc1C(=O)OC(C)(C)C. The topological polar surface area (TPSA) is 54.9 Å². The van der Waals surface area contributed by atoms with Gasteiger partial charge in [-0.1, -0.05) is 30.3 Å². The molecule has 1 fully saturated rings. The number of anilines is 1. The first-order valence-electron chi connectivity index (χ1n) is 10.5. The van der Waals surface area contributed by atoms with E-state index in [0.717, 1.165) is 25.3 Å². The molecule has 162 valence electrons. The van der Waals surface area contributed by atoms with Crippen LogP contribution in [0, 0.1) is 0 Å². The first-order chi connectivity index (χ1) is 14.2. The summed E-state index contributed by atoms with van der Waals surface area (Å²) in [5.74, 6) is -0.130. The monoisotopic (exact) mass is 411 g/mol. The fraction of sp³-hybridized carbons (Fsp3) is 0.500. The highest BCUT2D eigenvalue weighted by Gasteiger charge is 2.31. The zero-order valence-corrected chi connectivity index (χ0v) is 18.9. The van der Waals surface area contributed by atoms with Crippen molar-refractivity contribution >= 4 is 11.7 Å². The molecule has 1 aromatic heterocycles. The van der Waals surface area contributed by atoms with Crippen LogP contribution in [-0.2, 0) is 11.3 Å². The third-order valence-corrected chi connectivity index (χ3v) is 5.32. The second-order valence-corrected chi connectivity index (χ2v) is 9.01. The van der Waals surface area contributed by atoms with E-state index in [1.807, 2.05) is 32.9 Å². The third kappa shape index (κ3) is 5.30. The molecule has 6 nitrogen and oxygen atoms in total. The molecule has 0 saturated carbocycles. The summed E-state index contributed by atoms with van der Waals surface area (Å²) < 4.78 is 10.9. The van der Waals surface area contributed by atoms with Crippen LogP contribution in [0.1, 0.15) is 50.5 Å². The van der Waals surface area contributed by atoms with Crippen LogP contribution in [0.15, 0.2) is 42.6 Å². The molecule has 0 unspecified atom stereocenters. The number of piperazine rings is 1. The van der Waals surface area contributed by atoms with E-state index >= 15 is 0 Å². The van der Waals surface area contributed by atoms with Gasteiger partial charge in [0.2, 0.25) is 5.88 Å². The van der Waals surface area contributed by atoms with Crippen molar-refractivity contribution in [3.63, 3.8) is 0 Å². The van der Waals surface area contributed by atoms with E-state index in [2.05, 4.69) is 52.9 Å². The minimum Gasteiger partial charge on any atom is -0.480 e. The summed E-state index contributed by atoms with van der Waals surface area (Å²) in [6.45, 7) is 12.7. The molecule has 2 heterocycles. The highest BCUT2D eigenvalue weighted by atomic mass is 16.6.